The molecule has 4 nitrogen and oxygen atoms in total. The Bertz CT molecular complexity index is 719. The van der Waals surface area contributed by atoms with Gasteiger partial charge in [0.1, 0.15) is 6.10 Å². The maximum Gasteiger partial charge on any atom is 0.315 e. The highest BCUT2D eigenvalue weighted by Crippen LogP contribution is 2.48. The van der Waals surface area contributed by atoms with Gasteiger partial charge in [0, 0.05) is 13.1 Å². The first-order chi connectivity index (χ1) is 11.6. The Morgan fingerprint density at radius 2 is 1.92 bits per heavy atom. The molecule has 1 aliphatic carbocycles. The van der Waals surface area contributed by atoms with Crippen molar-refractivity contribution in [3.63, 3.8) is 0 Å². The van der Waals surface area contributed by atoms with E-state index in [1.54, 1.807) is 4.90 Å². The Labute approximate surface area is 150 Å². The normalized spacial score (nSPS) is 22.8. The van der Waals surface area contributed by atoms with Gasteiger partial charge in [0.15, 0.2) is 0 Å². The second-order valence-corrected chi connectivity index (χ2v) is 8.91. The van der Waals surface area contributed by atoms with Crippen molar-refractivity contribution < 1.29 is 9.90 Å². The summed E-state index contributed by atoms with van der Waals surface area (Å²) in [5, 5.41) is 11.1. The molecule has 2 amide bonds. The van der Waals surface area contributed by atoms with Gasteiger partial charge in [-0.25, -0.2) is 4.79 Å². The number of nitrogens with two attached hydrogens (primary N) is 1. The number of nitrogens with zero attached hydrogens (tertiary/aromatic N) is 1. The minimum absolute atomic E-state index is 0.00755. The fourth-order valence-corrected chi connectivity index (χ4v) is 4.03. The van der Waals surface area contributed by atoms with Crippen molar-refractivity contribution in [1.82, 2.24) is 4.90 Å². The van der Waals surface area contributed by atoms with E-state index in [0.29, 0.717) is 13.1 Å². The maximum atomic E-state index is 11.4. The van der Waals surface area contributed by atoms with Crippen LogP contribution in [0.1, 0.15) is 63.3 Å². The lowest BCUT2D eigenvalue weighted by Gasteiger charge is -2.41. The van der Waals surface area contributed by atoms with Gasteiger partial charge in [0.25, 0.3) is 0 Å². The monoisotopic (exact) mass is 342 g/mol. The molecule has 3 rings (SSSR count). The zero-order valence-corrected chi connectivity index (χ0v) is 15.8. The molecular formula is C21H30N2O2. The molecule has 1 atom stereocenters. The average molecular weight is 342 g/mol. The van der Waals surface area contributed by atoms with E-state index in [1.165, 1.54) is 5.56 Å². The SMILES string of the molecule is CC1(C)C=C(C(O)c2ccc3c(c2)CCN(C(N)=O)C3)C(C)(C)CC1. The van der Waals surface area contributed by atoms with Gasteiger partial charge in [-0.15, -0.1) is 0 Å². The summed E-state index contributed by atoms with van der Waals surface area (Å²) in [6.45, 7) is 10.1. The van der Waals surface area contributed by atoms with E-state index in [0.717, 1.165) is 36.0 Å². The van der Waals surface area contributed by atoms with Crippen molar-refractivity contribution in [2.45, 2.75) is 59.6 Å². The van der Waals surface area contributed by atoms with E-state index in [4.69, 9.17) is 5.73 Å². The van der Waals surface area contributed by atoms with Crippen LogP contribution in [0.4, 0.5) is 4.79 Å². The number of hydrogen-bond donors (Lipinski definition) is 2. The fourth-order valence-electron chi connectivity index (χ4n) is 4.03. The highest BCUT2D eigenvalue weighted by atomic mass is 16.3. The van der Waals surface area contributed by atoms with Crippen LogP contribution < -0.4 is 5.73 Å². The molecule has 0 saturated heterocycles. The number of aliphatic hydroxyl groups is 1. The summed E-state index contributed by atoms with van der Waals surface area (Å²) in [6.07, 6.45) is 4.71. The molecule has 136 valence electrons. The number of primary amides is 1. The Morgan fingerprint density at radius 1 is 1.20 bits per heavy atom. The number of benzene rings is 1. The molecule has 0 spiro atoms. The third kappa shape index (κ3) is 3.59. The van der Waals surface area contributed by atoms with E-state index in [2.05, 4.69) is 39.8 Å². The molecule has 1 aromatic rings. The Hall–Kier alpha value is -1.81. The topological polar surface area (TPSA) is 66.6 Å². The summed E-state index contributed by atoms with van der Waals surface area (Å²) >= 11 is 0. The first-order valence-electron chi connectivity index (χ1n) is 9.16. The van der Waals surface area contributed by atoms with Crippen LogP contribution >= 0.6 is 0 Å². The summed E-state index contributed by atoms with van der Waals surface area (Å²) in [5.74, 6) is 0. The Kier molecular flexibility index (Phi) is 4.44. The Morgan fingerprint density at radius 3 is 2.60 bits per heavy atom. The number of fused-ring (bicyclic) bond motifs is 1. The van der Waals surface area contributed by atoms with Crippen molar-refractivity contribution in [1.29, 1.82) is 0 Å². The number of urea groups is 1. The number of carbonyl (C=O) groups excluding carboxylic acids is 1. The molecule has 0 bridgehead atoms. The van der Waals surface area contributed by atoms with Gasteiger partial charge in [-0.1, -0.05) is 52.0 Å². The van der Waals surface area contributed by atoms with Crippen LogP contribution in [-0.2, 0) is 13.0 Å². The summed E-state index contributed by atoms with van der Waals surface area (Å²) in [6, 6.07) is 5.76. The lowest BCUT2D eigenvalue weighted by molar-refractivity contribution is 0.158. The van der Waals surface area contributed by atoms with Crippen molar-refractivity contribution in [3.8, 4) is 0 Å². The van der Waals surface area contributed by atoms with Crippen LogP contribution in [0, 0.1) is 10.8 Å². The molecule has 2 aliphatic rings. The molecule has 3 N–H and O–H groups in total. The highest BCUT2D eigenvalue weighted by Gasteiger charge is 2.36. The molecule has 1 aliphatic heterocycles. The standard InChI is InChI=1S/C21H30N2O2/c1-20(2)8-9-21(3,4)17(12-20)18(24)15-5-6-16-13-23(19(22)25)10-7-14(16)11-15/h5-6,11-12,18,24H,7-10,13H2,1-4H3,(H2,22,25). The summed E-state index contributed by atoms with van der Waals surface area (Å²) in [5.41, 5.74) is 9.93. The maximum absolute atomic E-state index is 11.4. The lowest BCUT2D eigenvalue weighted by atomic mass is 9.65. The molecule has 25 heavy (non-hydrogen) atoms. The molecule has 0 saturated carbocycles. The van der Waals surface area contributed by atoms with Crippen molar-refractivity contribution in [2.75, 3.05) is 6.54 Å². The van der Waals surface area contributed by atoms with Crippen LogP contribution in [0.2, 0.25) is 0 Å². The number of allylic oxidation sites excluding steroid dienone is 1. The van der Waals surface area contributed by atoms with Crippen LogP contribution in [0.25, 0.3) is 0 Å². The van der Waals surface area contributed by atoms with Gasteiger partial charge < -0.3 is 15.7 Å². The quantitative estimate of drug-likeness (QED) is 0.800. The zero-order valence-electron chi connectivity index (χ0n) is 15.8. The van der Waals surface area contributed by atoms with E-state index in [-0.39, 0.29) is 16.9 Å². The molecule has 1 heterocycles. The second-order valence-electron chi connectivity index (χ2n) is 8.91. The third-order valence-electron chi connectivity index (χ3n) is 5.89. The van der Waals surface area contributed by atoms with Crippen molar-refractivity contribution in [2.24, 2.45) is 16.6 Å². The third-order valence-corrected chi connectivity index (χ3v) is 5.89. The van der Waals surface area contributed by atoms with Gasteiger partial charge in [-0.05, 0) is 52.4 Å². The first-order valence-corrected chi connectivity index (χ1v) is 9.16. The van der Waals surface area contributed by atoms with Crippen molar-refractivity contribution >= 4 is 6.03 Å². The van der Waals surface area contributed by atoms with Gasteiger partial charge in [-0.3, -0.25) is 0 Å². The largest absolute Gasteiger partial charge is 0.384 e. The summed E-state index contributed by atoms with van der Waals surface area (Å²) < 4.78 is 0. The van der Waals surface area contributed by atoms with Gasteiger partial charge in [-0.2, -0.15) is 0 Å². The second kappa shape index (κ2) is 6.17. The van der Waals surface area contributed by atoms with E-state index in [9.17, 15) is 9.90 Å². The predicted octanol–water partition coefficient (Wildman–Crippen LogP) is 3.93. The minimum Gasteiger partial charge on any atom is -0.384 e. The van der Waals surface area contributed by atoms with Gasteiger partial charge in [0.05, 0.1) is 0 Å². The van der Waals surface area contributed by atoms with Crippen LogP contribution in [0.3, 0.4) is 0 Å². The summed E-state index contributed by atoms with van der Waals surface area (Å²) in [4.78, 5) is 13.0. The number of amides is 2. The predicted molar refractivity (Wildman–Crippen MR) is 100.0 cm³/mol. The van der Waals surface area contributed by atoms with Crippen LogP contribution in [-0.4, -0.2) is 22.6 Å². The fraction of sp³-hybridized carbons (Fsp3) is 0.571. The van der Waals surface area contributed by atoms with Gasteiger partial charge >= 0.3 is 6.03 Å². The van der Waals surface area contributed by atoms with E-state index < -0.39 is 6.10 Å². The smallest absolute Gasteiger partial charge is 0.315 e. The molecule has 0 aromatic heterocycles. The minimum atomic E-state index is -0.575. The number of hydrogen-bond acceptors (Lipinski definition) is 2. The number of carbonyl (C=O) groups is 1. The molecule has 1 unspecified atom stereocenters. The van der Waals surface area contributed by atoms with Crippen LogP contribution in [0.15, 0.2) is 29.8 Å². The van der Waals surface area contributed by atoms with E-state index in [1.807, 2.05) is 12.1 Å². The lowest BCUT2D eigenvalue weighted by Crippen LogP contribution is -2.39. The molecule has 0 radical (unpaired) electrons. The zero-order chi connectivity index (χ0) is 18.4. The van der Waals surface area contributed by atoms with E-state index >= 15 is 0 Å². The average Bonchev–Trinajstić information content (AvgIpc) is 2.55. The van der Waals surface area contributed by atoms with Crippen molar-refractivity contribution in [3.05, 3.63) is 46.5 Å². The Balaban J connectivity index is 1.90. The first kappa shape index (κ1) is 18.0. The number of rotatable bonds is 2. The highest BCUT2D eigenvalue weighted by molar-refractivity contribution is 5.72. The molecule has 0 fully saturated rings. The summed E-state index contributed by atoms with van der Waals surface area (Å²) in [7, 11) is 0. The van der Waals surface area contributed by atoms with Crippen LogP contribution in [0.5, 0.6) is 0 Å². The molecule has 1 aromatic carbocycles. The molecular weight excluding hydrogens is 312 g/mol. The number of aliphatic hydroxyl groups excluding tert-OH is 1. The molecule has 4 heteroatoms. The van der Waals surface area contributed by atoms with Gasteiger partial charge in [0.2, 0.25) is 0 Å².